The largest absolute Gasteiger partial charge is 0.492 e. The Kier molecular flexibility index (Phi) is 4.99. The summed E-state index contributed by atoms with van der Waals surface area (Å²) < 4.78 is 7.17. The number of ether oxygens (including phenoxy) is 1. The first-order valence-corrected chi connectivity index (χ1v) is 6.27. The van der Waals surface area contributed by atoms with E-state index >= 15 is 0 Å². The summed E-state index contributed by atoms with van der Waals surface area (Å²) in [5.74, 6) is 6.12. The van der Waals surface area contributed by atoms with Gasteiger partial charge in [0, 0.05) is 17.8 Å². The lowest BCUT2D eigenvalue weighted by atomic mass is 10.2. The first kappa shape index (κ1) is 13.9. The van der Waals surface area contributed by atoms with Crippen LogP contribution in [0.3, 0.4) is 0 Å². The molecule has 0 saturated carbocycles. The summed E-state index contributed by atoms with van der Waals surface area (Å²) >= 11 is 0. The van der Waals surface area contributed by atoms with Crippen molar-refractivity contribution in [2.75, 3.05) is 13.2 Å². The van der Waals surface area contributed by atoms with Gasteiger partial charge < -0.3 is 14.4 Å². The molecule has 0 bridgehead atoms. The molecule has 102 valence electrons. The number of aliphatic hydroxyl groups excluding tert-OH is 1. The molecule has 0 fully saturated rings. The minimum absolute atomic E-state index is 0.0364. The van der Waals surface area contributed by atoms with Crippen molar-refractivity contribution in [2.24, 2.45) is 0 Å². The van der Waals surface area contributed by atoms with Crippen molar-refractivity contribution in [2.45, 2.75) is 6.54 Å². The van der Waals surface area contributed by atoms with Gasteiger partial charge >= 0.3 is 0 Å². The summed E-state index contributed by atoms with van der Waals surface area (Å²) in [6, 6.07) is 12.3. The summed E-state index contributed by atoms with van der Waals surface area (Å²) in [5.41, 5.74) is 0.788. The molecule has 0 aliphatic carbocycles. The first-order valence-electron chi connectivity index (χ1n) is 6.27. The Labute approximate surface area is 117 Å². The topological polar surface area (TPSA) is 51.5 Å². The number of aliphatic hydroxyl groups is 1. The van der Waals surface area contributed by atoms with Crippen molar-refractivity contribution in [3.05, 3.63) is 64.6 Å². The molecule has 2 aromatic rings. The molecule has 0 radical (unpaired) electrons. The van der Waals surface area contributed by atoms with Gasteiger partial charge in [-0.2, -0.15) is 0 Å². The van der Waals surface area contributed by atoms with Crippen LogP contribution in [0.15, 0.2) is 53.5 Å². The van der Waals surface area contributed by atoms with Crippen LogP contribution < -0.4 is 10.3 Å². The Hall–Kier alpha value is -2.51. The van der Waals surface area contributed by atoms with E-state index in [1.807, 2.05) is 30.3 Å². The van der Waals surface area contributed by atoms with Crippen LogP contribution in [-0.2, 0) is 6.54 Å². The lowest BCUT2D eigenvalue weighted by Crippen LogP contribution is -2.21. The van der Waals surface area contributed by atoms with Gasteiger partial charge in [0.25, 0.3) is 5.56 Å². The van der Waals surface area contributed by atoms with Gasteiger partial charge in [-0.05, 0) is 30.3 Å². The van der Waals surface area contributed by atoms with E-state index in [-0.39, 0.29) is 12.2 Å². The van der Waals surface area contributed by atoms with Crippen molar-refractivity contribution in [1.29, 1.82) is 0 Å². The van der Waals surface area contributed by atoms with Gasteiger partial charge in [-0.15, -0.1) is 0 Å². The Balaban J connectivity index is 1.88. The van der Waals surface area contributed by atoms with E-state index in [0.29, 0.717) is 13.2 Å². The fraction of sp³-hybridized carbons (Fsp3) is 0.188. The summed E-state index contributed by atoms with van der Waals surface area (Å²) in [6.07, 6.45) is 1.74. The maximum Gasteiger partial charge on any atom is 0.250 e. The third-order valence-corrected chi connectivity index (χ3v) is 2.67. The Morgan fingerprint density at radius 1 is 1.15 bits per heavy atom. The molecular formula is C16H15NO3. The number of aromatic nitrogens is 1. The van der Waals surface area contributed by atoms with Crippen LogP contribution >= 0.6 is 0 Å². The van der Waals surface area contributed by atoms with E-state index < -0.39 is 0 Å². The highest BCUT2D eigenvalue weighted by molar-refractivity contribution is 5.38. The number of benzene rings is 1. The van der Waals surface area contributed by atoms with Crippen molar-refractivity contribution in [3.8, 4) is 17.6 Å². The third-order valence-electron chi connectivity index (χ3n) is 2.67. The molecule has 1 heterocycles. The molecule has 0 spiro atoms. The van der Waals surface area contributed by atoms with E-state index in [9.17, 15) is 4.79 Å². The zero-order valence-electron chi connectivity index (χ0n) is 11.0. The molecular weight excluding hydrogens is 254 g/mol. The normalized spacial score (nSPS) is 9.65. The molecule has 0 amide bonds. The molecule has 1 aromatic carbocycles. The van der Waals surface area contributed by atoms with Gasteiger partial charge in [-0.3, -0.25) is 4.79 Å². The van der Waals surface area contributed by atoms with Gasteiger partial charge in [0.15, 0.2) is 0 Å². The molecule has 4 nitrogen and oxygen atoms in total. The molecule has 1 aromatic heterocycles. The number of pyridine rings is 1. The lowest BCUT2D eigenvalue weighted by Gasteiger charge is -2.07. The van der Waals surface area contributed by atoms with E-state index in [0.717, 1.165) is 11.3 Å². The summed E-state index contributed by atoms with van der Waals surface area (Å²) in [7, 11) is 0. The highest BCUT2D eigenvalue weighted by Gasteiger charge is 1.96. The second kappa shape index (κ2) is 7.17. The van der Waals surface area contributed by atoms with E-state index in [1.54, 1.807) is 16.8 Å². The van der Waals surface area contributed by atoms with Crippen LogP contribution in [-0.4, -0.2) is 22.9 Å². The average Bonchev–Trinajstić information content (AvgIpc) is 2.48. The standard InChI is InChI=1S/C16H15NO3/c18-12-3-4-14-6-8-15(9-7-14)20-13-11-17-10-2-1-5-16(17)19/h1-2,5-10,18H,11-13H2. The average molecular weight is 269 g/mol. The molecule has 0 unspecified atom stereocenters. The predicted octanol–water partition coefficient (Wildman–Crippen LogP) is 1.27. The van der Waals surface area contributed by atoms with Crippen LogP contribution in [0.5, 0.6) is 5.75 Å². The number of nitrogens with zero attached hydrogens (tertiary/aromatic N) is 1. The number of hydrogen-bond donors (Lipinski definition) is 1. The maximum atomic E-state index is 11.5. The molecule has 0 saturated heterocycles. The van der Waals surface area contributed by atoms with E-state index in [4.69, 9.17) is 9.84 Å². The lowest BCUT2D eigenvalue weighted by molar-refractivity contribution is 0.296. The third kappa shape index (κ3) is 4.01. The van der Waals surface area contributed by atoms with Gasteiger partial charge in [-0.1, -0.05) is 17.9 Å². The first-order chi connectivity index (χ1) is 9.79. The zero-order valence-corrected chi connectivity index (χ0v) is 11.0. The Morgan fingerprint density at radius 2 is 1.95 bits per heavy atom. The minimum Gasteiger partial charge on any atom is -0.492 e. The Bertz CT molecular complexity index is 662. The van der Waals surface area contributed by atoms with Crippen LogP contribution in [0, 0.1) is 11.8 Å². The second-order valence-electron chi connectivity index (χ2n) is 4.06. The summed E-state index contributed by atoms with van der Waals surface area (Å²) in [4.78, 5) is 11.5. The van der Waals surface area contributed by atoms with E-state index in [1.165, 1.54) is 6.07 Å². The predicted molar refractivity (Wildman–Crippen MR) is 76.6 cm³/mol. The number of rotatable bonds is 4. The minimum atomic E-state index is -0.149. The molecule has 0 atom stereocenters. The van der Waals surface area contributed by atoms with Crippen LogP contribution in [0.1, 0.15) is 5.56 Å². The SMILES string of the molecule is O=c1ccccn1CCOc1ccc(C#CCO)cc1. The van der Waals surface area contributed by atoms with Gasteiger partial charge in [-0.25, -0.2) is 0 Å². The molecule has 4 heteroatoms. The summed E-state index contributed by atoms with van der Waals surface area (Å²) in [5, 5.41) is 8.60. The van der Waals surface area contributed by atoms with E-state index in [2.05, 4.69) is 11.8 Å². The van der Waals surface area contributed by atoms with Crippen molar-refractivity contribution >= 4 is 0 Å². The number of hydrogen-bond acceptors (Lipinski definition) is 3. The fourth-order valence-corrected chi connectivity index (χ4v) is 1.68. The van der Waals surface area contributed by atoms with Crippen molar-refractivity contribution in [1.82, 2.24) is 4.57 Å². The van der Waals surface area contributed by atoms with Gasteiger partial charge in [0.2, 0.25) is 0 Å². The molecule has 0 aliphatic heterocycles. The maximum absolute atomic E-state index is 11.5. The molecule has 1 N–H and O–H groups in total. The highest BCUT2D eigenvalue weighted by Crippen LogP contribution is 2.11. The molecule has 2 rings (SSSR count). The molecule has 20 heavy (non-hydrogen) atoms. The summed E-state index contributed by atoms with van der Waals surface area (Å²) in [6.45, 7) is 0.779. The highest BCUT2D eigenvalue weighted by atomic mass is 16.5. The van der Waals surface area contributed by atoms with Crippen LogP contribution in [0.25, 0.3) is 0 Å². The Morgan fingerprint density at radius 3 is 2.65 bits per heavy atom. The van der Waals surface area contributed by atoms with Gasteiger partial charge in [0.05, 0.1) is 6.54 Å². The zero-order chi connectivity index (χ0) is 14.2. The van der Waals surface area contributed by atoms with Crippen LogP contribution in [0.2, 0.25) is 0 Å². The van der Waals surface area contributed by atoms with Crippen molar-refractivity contribution < 1.29 is 9.84 Å². The van der Waals surface area contributed by atoms with Gasteiger partial charge in [0.1, 0.15) is 19.0 Å². The monoisotopic (exact) mass is 269 g/mol. The second-order valence-corrected chi connectivity index (χ2v) is 4.06. The van der Waals surface area contributed by atoms with Crippen molar-refractivity contribution in [3.63, 3.8) is 0 Å². The quantitative estimate of drug-likeness (QED) is 0.850. The molecule has 0 aliphatic rings. The smallest absolute Gasteiger partial charge is 0.250 e. The fourth-order valence-electron chi connectivity index (χ4n) is 1.68. The van der Waals surface area contributed by atoms with Crippen LogP contribution in [0.4, 0.5) is 0 Å².